The molecule has 0 spiro atoms. The highest BCUT2D eigenvalue weighted by molar-refractivity contribution is 5.47. The zero-order valence-corrected chi connectivity index (χ0v) is 10.7. The van der Waals surface area contributed by atoms with E-state index in [9.17, 15) is 0 Å². The number of nitrogens with zero attached hydrogens (tertiary/aromatic N) is 1. The third-order valence-electron chi connectivity index (χ3n) is 3.63. The Morgan fingerprint density at radius 1 is 1.00 bits per heavy atom. The molecule has 0 saturated carbocycles. The summed E-state index contributed by atoms with van der Waals surface area (Å²) < 4.78 is 0. The average Bonchev–Trinajstić information content (AvgIpc) is 2.65. The molecule has 1 aliphatic heterocycles. The second-order valence-corrected chi connectivity index (χ2v) is 4.95. The Bertz CT molecular complexity index is 331. The van der Waals surface area contributed by atoms with Gasteiger partial charge in [-0.3, -0.25) is 0 Å². The molecule has 1 aromatic carbocycles. The Kier molecular flexibility index (Phi) is 4.81. The monoisotopic (exact) mass is 229 g/mol. The summed E-state index contributed by atoms with van der Waals surface area (Å²) in [5, 5.41) is 0. The normalized spacial score (nSPS) is 17.6. The van der Waals surface area contributed by atoms with E-state index in [1.165, 1.54) is 62.9 Å². The summed E-state index contributed by atoms with van der Waals surface area (Å²) in [5.74, 6) is 0. The van der Waals surface area contributed by atoms with Crippen molar-refractivity contribution in [3.63, 3.8) is 0 Å². The van der Waals surface area contributed by atoms with Crippen molar-refractivity contribution in [1.29, 1.82) is 0 Å². The highest BCUT2D eigenvalue weighted by Gasteiger charge is 2.08. The molecule has 1 heterocycles. The number of benzene rings is 1. The van der Waals surface area contributed by atoms with Crippen LogP contribution < -0.4 is 0 Å². The second-order valence-electron chi connectivity index (χ2n) is 4.95. The molecule has 0 unspecified atom stereocenters. The maximum absolute atomic E-state index is 3.78. The molecule has 0 bridgehead atoms. The van der Waals surface area contributed by atoms with Crippen LogP contribution in [0.3, 0.4) is 0 Å². The zero-order chi connectivity index (χ0) is 11.9. The van der Waals surface area contributed by atoms with Crippen LogP contribution in [0, 0.1) is 0 Å². The first kappa shape index (κ1) is 12.4. The molecular weight excluding hydrogens is 206 g/mol. The quantitative estimate of drug-likeness (QED) is 0.760. The summed E-state index contributed by atoms with van der Waals surface area (Å²) in [6, 6.07) is 8.78. The maximum Gasteiger partial charge on any atom is 0.00218 e. The van der Waals surface area contributed by atoms with Crippen LogP contribution in [0.15, 0.2) is 30.8 Å². The van der Waals surface area contributed by atoms with Gasteiger partial charge in [0.05, 0.1) is 0 Å². The molecule has 17 heavy (non-hydrogen) atoms. The van der Waals surface area contributed by atoms with Crippen molar-refractivity contribution in [1.82, 2.24) is 4.90 Å². The summed E-state index contributed by atoms with van der Waals surface area (Å²) in [6.07, 6.45) is 8.69. The average molecular weight is 229 g/mol. The van der Waals surface area contributed by atoms with Gasteiger partial charge in [0, 0.05) is 6.54 Å². The van der Waals surface area contributed by atoms with Gasteiger partial charge in [-0.25, -0.2) is 0 Å². The van der Waals surface area contributed by atoms with Crippen molar-refractivity contribution in [2.24, 2.45) is 0 Å². The molecule has 0 N–H and O–H groups in total. The van der Waals surface area contributed by atoms with Gasteiger partial charge in [-0.2, -0.15) is 0 Å². The molecule has 0 amide bonds. The predicted octanol–water partition coefficient (Wildman–Crippen LogP) is 3.75. The van der Waals surface area contributed by atoms with E-state index in [0.29, 0.717) is 0 Å². The summed E-state index contributed by atoms with van der Waals surface area (Å²) in [5.41, 5.74) is 2.66. The Labute approximate surface area is 105 Å². The van der Waals surface area contributed by atoms with Crippen LogP contribution in [0.4, 0.5) is 0 Å². The zero-order valence-electron chi connectivity index (χ0n) is 10.7. The van der Waals surface area contributed by atoms with E-state index in [-0.39, 0.29) is 0 Å². The van der Waals surface area contributed by atoms with Crippen LogP contribution in [-0.2, 0) is 6.42 Å². The molecule has 1 nitrogen and oxygen atoms in total. The summed E-state index contributed by atoms with van der Waals surface area (Å²) >= 11 is 0. The van der Waals surface area contributed by atoms with Crippen LogP contribution >= 0.6 is 0 Å². The van der Waals surface area contributed by atoms with Gasteiger partial charge >= 0.3 is 0 Å². The van der Waals surface area contributed by atoms with E-state index in [0.717, 1.165) is 0 Å². The first-order chi connectivity index (χ1) is 8.38. The van der Waals surface area contributed by atoms with Gasteiger partial charge in [0.2, 0.25) is 0 Å². The van der Waals surface area contributed by atoms with E-state index in [1.54, 1.807) is 0 Å². The number of likely N-dealkylation sites (tertiary alicyclic amines) is 1. The largest absolute Gasteiger partial charge is 0.303 e. The molecule has 1 aliphatic rings. The van der Waals surface area contributed by atoms with Crippen molar-refractivity contribution in [2.75, 3.05) is 19.6 Å². The SMILES string of the molecule is C=Cc1ccc(CCN2CCCCCC2)cc1. The van der Waals surface area contributed by atoms with Crippen molar-refractivity contribution in [3.05, 3.63) is 42.0 Å². The molecule has 0 aliphatic carbocycles. The highest BCUT2D eigenvalue weighted by atomic mass is 15.1. The summed E-state index contributed by atoms with van der Waals surface area (Å²) in [4.78, 5) is 2.62. The molecule has 0 atom stereocenters. The third kappa shape index (κ3) is 4.01. The van der Waals surface area contributed by atoms with Gasteiger partial charge in [-0.05, 0) is 43.5 Å². The van der Waals surface area contributed by atoms with Crippen LogP contribution in [0.25, 0.3) is 6.08 Å². The van der Waals surface area contributed by atoms with Gasteiger partial charge in [-0.15, -0.1) is 0 Å². The topological polar surface area (TPSA) is 3.24 Å². The maximum atomic E-state index is 3.78. The molecule has 1 heteroatoms. The van der Waals surface area contributed by atoms with E-state index in [2.05, 4.69) is 35.7 Å². The Morgan fingerprint density at radius 2 is 1.65 bits per heavy atom. The minimum atomic E-state index is 1.18. The number of rotatable bonds is 4. The van der Waals surface area contributed by atoms with E-state index in [1.807, 2.05) is 6.08 Å². The molecule has 1 fully saturated rings. The van der Waals surface area contributed by atoms with Gasteiger partial charge < -0.3 is 4.90 Å². The minimum absolute atomic E-state index is 1.18. The fourth-order valence-electron chi connectivity index (χ4n) is 2.47. The standard InChI is InChI=1S/C16H23N/c1-2-15-7-9-16(10-8-15)11-14-17-12-5-3-4-6-13-17/h2,7-10H,1,3-6,11-14H2. The molecule has 0 aromatic heterocycles. The highest BCUT2D eigenvalue weighted by Crippen LogP contribution is 2.11. The smallest absolute Gasteiger partial charge is 0.00218 e. The fourth-order valence-corrected chi connectivity index (χ4v) is 2.47. The summed E-state index contributed by atoms with van der Waals surface area (Å²) in [6.45, 7) is 7.59. The van der Waals surface area contributed by atoms with E-state index >= 15 is 0 Å². The first-order valence-electron chi connectivity index (χ1n) is 6.82. The van der Waals surface area contributed by atoms with Crippen molar-refractivity contribution < 1.29 is 0 Å². The Morgan fingerprint density at radius 3 is 2.24 bits per heavy atom. The predicted molar refractivity (Wildman–Crippen MR) is 75.1 cm³/mol. The second kappa shape index (κ2) is 6.61. The lowest BCUT2D eigenvalue weighted by molar-refractivity contribution is 0.289. The van der Waals surface area contributed by atoms with E-state index in [4.69, 9.17) is 0 Å². The molecule has 1 aromatic rings. The Hall–Kier alpha value is -1.08. The van der Waals surface area contributed by atoms with E-state index < -0.39 is 0 Å². The van der Waals surface area contributed by atoms with Crippen LogP contribution in [0.5, 0.6) is 0 Å². The lowest BCUT2D eigenvalue weighted by atomic mass is 10.1. The minimum Gasteiger partial charge on any atom is -0.303 e. The van der Waals surface area contributed by atoms with Crippen LogP contribution in [0.1, 0.15) is 36.8 Å². The number of hydrogen-bond acceptors (Lipinski definition) is 1. The van der Waals surface area contributed by atoms with Gasteiger partial charge in [0.1, 0.15) is 0 Å². The van der Waals surface area contributed by atoms with Crippen LogP contribution in [-0.4, -0.2) is 24.5 Å². The van der Waals surface area contributed by atoms with Gasteiger partial charge in [0.15, 0.2) is 0 Å². The molecule has 92 valence electrons. The Balaban J connectivity index is 1.81. The lowest BCUT2D eigenvalue weighted by Gasteiger charge is -2.19. The van der Waals surface area contributed by atoms with Crippen molar-refractivity contribution in [2.45, 2.75) is 32.1 Å². The molecule has 2 rings (SSSR count). The van der Waals surface area contributed by atoms with Gasteiger partial charge in [-0.1, -0.05) is 49.8 Å². The summed E-state index contributed by atoms with van der Waals surface area (Å²) in [7, 11) is 0. The molecular formula is C16H23N. The first-order valence-corrected chi connectivity index (χ1v) is 6.82. The number of hydrogen-bond donors (Lipinski definition) is 0. The molecule has 0 radical (unpaired) electrons. The van der Waals surface area contributed by atoms with Crippen LogP contribution in [0.2, 0.25) is 0 Å². The molecule has 1 saturated heterocycles. The van der Waals surface area contributed by atoms with Crippen molar-refractivity contribution >= 4 is 6.08 Å². The van der Waals surface area contributed by atoms with Gasteiger partial charge in [0.25, 0.3) is 0 Å². The third-order valence-corrected chi connectivity index (χ3v) is 3.63. The lowest BCUT2D eigenvalue weighted by Crippen LogP contribution is -2.26. The fraction of sp³-hybridized carbons (Fsp3) is 0.500. The van der Waals surface area contributed by atoms with Crippen molar-refractivity contribution in [3.8, 4) is 0 Å².